The number of esters is 1. The van der Waals surface area contributed by atoms with Gasteiger partial charge in [0.25, 0.3) is 0 Å². The van der Waals surface area contributed by atoms with Crippen molar-refractivity contribution >= 4 is 5.97 Å². The number of carbonyl (C=O) groups excluding carboxylic acids is 1. The molecule has 0 aromatic carbocycles. The maximum atomic E-state index is 12.1. The largest absolute Gasteiger partial charge is 0.466 e. The van der Waals surface area contributed by atoms with Gasteiger partial charge in [0.1, 0.15) is 0 Å². The first-order valence-electron chi connectivity index (χ1n) is 7.21. The fourth-order valence-electron chi connectivity index (χ4n) is 3.40. The minimum Gasteiger partial charge on any atom is -0.466 e. The zero-order chi connectivity index (χ0) is 13.9. The molecule has 0 saturated heterocycles. The van der Waals surface area contributed by atoms with Gasteiger partial charge >= 0.3 is 5.97 Å². The fourth-order valence-corrected chi connectivity index (χ4v) is 3.40. The van der Waals surface area contributed by atoms with E-state index in [0.717, 1.165) is 12.8 Å². The second-order valence-corrected chi connectivity index (χ2v) is 6.25. The van der Waals surface area contributed by atoms with Crippen molar-refractivity contribution < 1.29 is 14.6 Å². The molecule has 18 heavy (non-hydrogen) atoms. The van der Waals surface area contributed by atoms with Crippen LogP contribution in [0.2, 0.25) is 0 Å². The molecule has 4 unspecified atom stereocenters. The quantitative estimate of drug-likeness (QED) is 0.786. The van der Waals surface area contributed by atoms with Crippen molar-refractivity contribution in [3.05, 3.63) is 0 Å². The number of aliphatic hydroxyl groups is 1. The molecule has 1 N–H and O–H groups in total. The van der Waals surface area contributed by atoms with Crippen molar-refractivity contribution in [1.29, 1.82) is 0 Å². The molecule has 4 atom stereocenters. The summed E-state index contributed by atoms with van der Waals surface area (Å²) in [5.74, 6) is 0.245. The predicted molar refractivity (Wildman–Crippen MR) is 72.1 cm³/mol. The summed E-state index contributed by atoms with van der Waals surface area (Å²) < 4.78 is 5.16. The van der Waals surface area contributed by atoms with Gasteiger partial charge in [-0.1, -0.05) is 27.7 Å². The molecule has 106 valence electrons. The molecule has 0 spiro atoms. The Morgan fingerprint density at radius 2 is 2.06 bits per heavy atom. The molecule has 0 radical (unpaired) electrons. The molecule has 3 nitrogen and oxygen atoms in total. The monoisotopic (exact) mass is 256 g/mol. The molecule has 1 fully saturated rings. The summed E-state index contributed by atoms with van der Waals surface area (Å²) in [6, 6.07) is 0. The Labute approximate surface area is 111 Å². The molecule has 1 aliphatic carbocycles. The summed E-state index contributed by atoms with van der Waals surface area (Å²) in [6.07, 6.45) is 2.68. The Hall–Kier alpha value is -0.570. The Bertz CT molecular complexity index is 287. The Morgan fingerprint density at radius 1 is 1.44 bits per heavy atom. The van der Waals surface area contributed by atoms with Crippen LogP contribution in [0, 0.1) is 23.7 Å². The van der Waals surface area contributed by atoms with Crippen LogP contribution in [0.3, 0.4) is 0 Å². The highest BCUT2D eigenvalue weighted by Gasteiger charge is 2.49. The normalized spacial score (nSPS) is 34.4. The lowest BCUT2D eigenvalue weighted by molar-refractivity contribution is -0.173. The highest BCUT2D eigenvalue weighted by atomic mass is 16.5. The van der Waals surface area contributed by atoms with E-state index in [-0.39, 0.29) is 17.8 Å². The Morgan fingerprint density at radius 3 is 2.50 bits per heavy atom. The van der Waals surface area contributed by atoms with Crippen molar-refractivity contribution in [2.24, 2.45) is 23.7 Å². The van der Waals surface area contributed by atoms with Gasteiger partial charge in [-0.05, 0) is 43.9 Å². The molecule has 3 heteroatoms. The standard InChI is InChI=1S/C15H28O3/c1-6-18-14(16)13(10(2)3)15(17)8-7-11(4)9-12(15)5/h10-13,17H,6-9H2,1-5H3. The molecule has 0 aromatic rings. The summed E-state index contributed by atoms with van der Waals surface area (Å²) in [5.41, 5.74) is -0.896. The molecular weight excluding hydrogens is 228 g/mol. The maximum Gasteiger partial charge on any atom is 0.312 e. The van der Waals surface area contributed by atoms with Crippen molar-refractivity contribution in [3.63, 3.8) is 0 Å². The summed E-state index contributed by atoms with van der Waals surface area (Å²) >= 11 is 0. The molecule has 1 saturated carbocycles. The van der Waals surface area contributed by atoms with E-state index >= 15 is 0 Å². The zero-order valence-corrected chi connectivity index (χ0v) is 12.4. The van der Waals surface area contributed by atoms with Gasteiger partial charge in [0.15, 0.2) is 0 Å². The Balaban J connectivity index is 2.93. The van der Waals surface area contributed by atoms with Crippen LogP contribution in [-0.4, -0.2) is 23.3 Å². The topological polar surface area (TPSA) is 46.5 Å². The van der Waals surface area contributed by atoms with Crippen molar-refractivity contribution in [2.75, 3.05) is 6.61 Å². The van der Waals surface area contributed by atoms with Gasteiger partial charge in [0, 0.05) is 0 Å². The number of hydrogen-bond donors (Lipinski definition) is 1. The van der Waals surface area contributed by atoms with E-state index in [1.165, 1.54) is 0 Å². The van der Waals surface area contributed by atoms with Crippen LogP contribution in [0.4, 0.5) is 0 Å². The van der Waals surface area contributed by atoms with E-state index in [9.17, 15) is 9.90 Å². The van der Waals surface area contributed by atoms with Gasteiger partial charge in [-0.15, -0.1) is 0 Å². The van der Waals surface area contributed by atoms with Gasteiger partial charge in [-0.3, -0.25) is 4.79 Å². The average molecular weight is 256 g/mol. The zero-order valence-electron chi connectivity index (χ0n) is 12.4. The first-order chi connectivity index (χ1) is 8.32. The van der Waals surface area contributed by atoms with E-state index in [2.05, 4.69) is 13.8 Å². The highest BCUT2D eigenvalue weighted by molar-refractivity contribution is 5.74. The molecule has 0 amide bonds. The number of rotatable bonds is 4. The van der Waals surface area contributed by atoms with Crippen LogP contribution in [0.25, 0.3) is 0 Å². The van der Waals surface area contributed by atoms with Gasteiger partial charge in [0.05, 0.1) is 18.1 Å². The first-order valence-corrected chi connectivity index (χ1v) is 7.21. The van der Waals surface area contributed by atoms with Crippen molar-refractivity contribution in [3.8, 4) is 0 Å². The van der Waals surface area contributed by atoms with Gasteiger partial charge in [0.2, 0.25) is 0 Å². The lowest BCUT2D eigenvalue weighted by Gasteiger charge is -2.46. The van der Waals surface area contributed by atoms with Crippen LogP contribution in [0.5, 0.6) is 0 Å². The van der Waals surface area contributed by atoms with Crippen LogP contribution in [0.1, 0.15) is 53.9 Å². The molecule has 0 bridgehead atoms. The number of carbonyl (C=O) groups is 1. The van der Waals surface area contributed by atoms with E-state index < -0.39 is 11.5 Å². The summed E-state index contributed by atoms with van der Waals surface area (Å²) in [4.78, 5) is 12.1. The third-order valence-electron chi connectivity index (χ3n) is 4.39. The minimum atomic E-state index is -0.896. The second kappa shape index (κ2) is 6.05. The molecule has 0 aromatic heterocycles. The molecule has 1 aliphatic rings. The van der Waals surface area contributed by atoms with Crippen LogP contribution in [0.15, 0.2) is 0 Å². The van der Waals surface area contributed by atoms with Crippen LogP contribution >= 0.6 is 0 Å². The smallest absolute Gasteiger partial charge is 0.312 e. The maximum absolute atomic E-state index is 12.1. The third-order valence-corrected chi connectivity index (χ3v) is 4.39. The molecule has 0 heterocycles. The SMILES string of the molecule is CCOC(=O)C(C(C)C)C1(O)CCC(C)CC1C. The van der Waals surface area contributed by atoms with E-state index in [4.69, 9.17) is 4.74 Å². The molecule has 1 rings (SSSR count). The highest BCUT2D eigenvalue weighted by Crippen LogP contribution is 2.44. The van der Waals surface area contributed by atoms with Gasteiger partial charge in [-0.25, -0.2) is 0 Å². The number of hydrogen-bond acceptors (Lipinski definition) is 3. The third kappa shape index (κ3) is 3.05. The summed E-state index contributed by atoms with van der Waals surface area (Å²) in [5, 5.41) is 11.0. The molecule has 0 aliphatic heterocycles. The van der Waals surface area contributed by atoms with E-state index in [1.54, 1.807) is 0 Å². The predicted octanol–water partition coefficient (Wildman–Crippen LogP) is 3.01. The number of ether oxygens (including phenoxy) is 1. The van der Waals surface area contributed by atoms with E-state index in [1.807, 2.05) is 20.8 Å². The van der Waals surface area contributed by atoms with Crippen molar-refractivity contribution in [1.82, 2.24) is 0 Å². The van der Waals surface area contributed by atoms with Crippen molar-refractivity contribution in [2.45, 2.75) is 59.5 Å². The summed E-state index contributed by atoms with van der Waals surface area (Å²) in [7, 11) is 0. The fraction of sp³-hybridized carbons (Fsp3) is 0.933. The Kier molecular flexibility index (Phi) is 5.20. The van der Waals surface area contributed by atoms with Gasteiger partial charge in [-0.2, -0.15) is 0 Å². The van der Waals surface area contributed by atoms with E-state index in [0.29, 0.717) is 18.9 Å². The molecular formula is C15H28O3. The average Bonchev–Trinajstić information content (AvgIpc) is 2.24. The lowest BCUT2D eigenvalue weighted by atomic mass is 9.63. The summed E-state index contributed by atoms with van der Waals surface area (Å²) in [6.45, 7) is 10.4. The van der Waals surface area contributed by atoms with Crippen LogP contribution < -0.4 is 0 Å². The van der Waals surface area contributed by atoms with Crippen LogP contribution in [-0.2, 0) is 9.53 Å². The lowest BCUT2D eigenvalue weighted by Crippen LogP contribution is -2.52. The van der Waals surface area contributed by atoms with Gasteiger partial charge < -0.3 is 9.84 Å². The first kappa shape index (κ1) is 15.5. The second-order valence-electron chi connectivity index (χ2n) is 6.25. The minimum absolute atomic E-state index is 0.102.